The molecule has 0 aliphatic carbocycles. The number of rotatable bonds is 3. The fraction of sp³-hybridized carbons (Fsp3) is 0.471. The molecular formula is C34H41ClFN5O3S. The number of hydrogen-bond acceptors (Lipinski definition) is 8. The van der Waals surface area contributed by atoms with Gasteiger partial charge in [-0.1, -0.05) is 52.6 Å². The molecule has 0 bridgehead atoms. The zero-order valence-electron chi connectivity index (χ0n) is 27.2. The number of carbonyl (C=O) groups excluding carboxylic acids is 1. The maximum atomic E-state index is 15.1. The van der Waals surface area contributed by atoms with Crippen molar-refractivity contribution in [3.8, 4) is 17.3 Å². The number of anilines is 2. The summed E-state index contributed by atoms with van der Waals surface area (Å²) in [6.07, 6.45) is 2.73. The monoisotopic (exact) mass is 653 g/mol. The second-order valence-electron chi connectivity index (χ2n) is 12.0. The van der Waals surface area contributed by atoms with Gasteiger partial charge >= 0.3 is 6.09 Å². The van der Waals surface area contributed by atoms with E-state index in [-0.39, 0.29) is 20.7 Å². The zero-order chi connectivity index (χ0) is 33.1. The minimum absolute atomic E-state index is 0.0875. The molecule has 0 radical (unpaired) electrons. The first-order chi connectivity index (χ1) is 21.5. The maximum Gasteiger partial charge on any atom is 0.412 e. The van der Waals surface area contributed by atoms with Gasteiger partial charge in [0.2, 0.25) is 0 Å². The van der Waals surface area contributed by atoms with Crippen molar-refractivity contribution in [2.45, 2.75) is 87.0 Å². The van der Waals surface area contributed by atoms with Crippen molar-refractivity contribution < 1.29 is 18.7 Å². The van der Waals surface area contributed by atoms with Crippen LogP contribution in [0.1, 0.15) is 84.9 Å². The third kappa shape index (κ3) is 7.01. The molecule has 11 heteroatoms. The van der Waals surface area contributed by atoms with Gasteiger partial charge in [-0.2, -0.15) is 5.26 Å². The zero-order valence-corrected chi connectivity index (χ0v) is 28.8. The number of benzene rings is 1. The van der Waals surface area contributed by atoms with E-state index in [1.807, 2.05) is 26.0 Å². The fourth-order valence-corrected chi connectivity index (χ4v) is 6.81. The molecule has 3 aromatic heterocycles. The summed E-state index contributed by atoms with van der Waals surface area (Å²) in [7, 11) is 0. The molecule has 6 rings (SSSR count). The molecule has 4 aromatic rings. The molecule has 1 atom stereocenters. The van der Waals surface area contributed by atoms with Crippen LogP contribution in [-0.2, 0) is 22.7 Å². The van der Waals surface area contributed by atoms with Gasteiger partial charge in [-0.15, -0.1) is 11.3 Å². The third-order valence-electron chi connectivity index (χ3n) is 7.17. The molecule has 2 aliphatic heterocycles. The van der Waals surface area contributed by atoms with E-state index >= 15 is 4.39 Å². The van der Waals surface area contributed by atoms with E-state index in [1.54, 1.807) is 20.8 Å². The summed E-state index contributed by atoms with van der Waals surface area (Å²) < 4.78 is 26.5. The predicted molar refractivity (Wildman–Crippen MR) is 182 cm³/mol. The van der Waals surface area contributed by atoms with Crippen LogP contribution in [-0.4, -0.2) is 34.8 Å². The Morgan fingerprint density at radius 2 is 1.96 bits per heavy atom. The Labute approximate surface area is 273 Å². The van der Waals surface area contributed by atoms with Crippen molar-refractivity contribution in [2.75, 3.05) is 23.3 Å². The van der Waals surface area contributed by atoms with Gasteiger partial charge in [-0.3, -0.25) is 10.3 Å². The number of hydrogen-bond donors (Lipinski definition) is 1. The van der Waals surface area contributed by atoms with Crippen molar-refractivity contribution in [3.63, 3.8) is 0 Å². The van der Waals surface area contributed by atoms with Gasteiger partial charge in [0.05, 0.1) is 45.9 Å². The molecule has 1 fully saturated rings. The number of pyridine rings is 2. The Morgan fingerprint density at radius 1 is 1.27 bits per heavy atom. The van der Waals surface area contributed by atoms with Gasteiger partial charge < -0.3 is 14.4 Å². The summed E-state index contributed by atoms with van der Waals surface area (Å²) in [6.45, 7) is 18.2. The second-order valence-corrected chi connectivity index (χ2v) is 13.4. The lowest BCUT2D eigenvalue weighted by Gasteiger charge is -2.20. The summed E-state index contributed by atoms with van der Waals surface area (Å²) in [5, 5.41) is 14.5. The average Bonchev–Trinajstić information content (AvgIpc) is 3.73. The number of fused-ring (bicyclic) bond motifs is 4. The minimum atomic E-state index is -0.746. The first-order valence-electron chi connectivity index (χ1n) is 15.4. The van der Waals surface area contributed by atoms with Crippen molar-refractivity contribution in [2.24, 2.45) is 5.92 Å². The number of nitriles is 1. The van der Waals surface area contributed by atoms with E-state index in [9.17, 15) is 10.1 Å². The summed E-state index contributed by atoms with van der Waals surface area (Å²) in [6, 6.07) is 6.19. The van der Waals surface area contributed by atoms with Gasteiger partial charge in [-0.25, -0.2) is 14.2 Å². The number of halogens is 2. The first kappa shape index (κ1) is 34.4. The van der Waals surface area contributed by atoms with E-state index in [0.717, 1.165) is 59.4 Å². The lowest BCUT2D eigenvalue weighted by Crippen LogP contribution is -2.27. The molecule has 8 nitrogen and oxygen atoms in total. The second kappa shape index (κ2) is 14.3. The van der Waals surface area contributed by atoms with Crippen LogP contribution in [0.4, 0.5) is 20.0 Å². The molecule has 0 saturated carbocycles. The Balaban J connectivity index is 0.000000871. The molecule has 5 heterocycles. The van der Waals surface area contributed by atoms with E-state index < -0.39 is 17.5 Å². The minimum Gasteiger partial charge on any atom is -0.444 e. The highest BCUT2D eigenvalue weighted by atomic mass is 35.5. The Morgan fingerprint density at radius 3 is 2.58 bits per heavy atom. The lowest BCUT2D eigenvalue weighted by molar-refractivity contribution is 0.0636. The highest BCUT2D eigenvalue weighted by Gasteiger charge is 2.30. The SMILES string of the molecule is CC.CC1CCN(c2ccc3c4c(c(-c5ncc(F)c6sc(NC(=O)OC(C)(C)C)c(C#N)c56)c(Cl)c3n2)COC4)C1.CCC. The van der Waals surface area contributed by atoms with Crippen LogP contribution in [0.25, 0.3) is 32.2 Å². The van der Waals surface area contributed by atoms with Gasteiger partial charge in [-0.05, 0) is 56.4 Å². The summed E-state index contributed by atoms with van der Waals surface area (Å²) in [5.41, 5.74) is 2.63. The maximum absolute atomic E-state index is 15.1. The van der Waals surface area contributed by atoms with E-state index in [0.29, 0.717) is 40.9 Å². The molecule has 45 heavy (non-hydrogen) atoms. The van der Waals surface area contributed by atoms with Gasteiger partial charge in [0.1, 0.15) is 22.5 Å². The van der Waals surface area contributed by atoms with Crippen LogP contribution in [0.2, 0.25) is 5.02 Å². The van der Waals surface area contributed by atoms with Crippen LogP contribution in [0.5, 0.6) is 0 Å². The number of nitrogens with zero attached hydrogens (tertiary/aromatic N) is 4. The normalized spacial score (nSPS) is 15.6. The fourth-order valence-electron chi connectivity index (χ4n) is 5.42. The van der Waals surface area contributed by atoms with Crippen LogP contribution in [0, 0.1) is 23.1 Å². The van der Waals surface area contributed by atoms with Gasteiger partial charge in [0, 0.05) is 29.4 Å². The number of amides is 1. The smallest absolute Gasteiger partial charge is 0.412 e. The number of carbonyl (C=O) groups is 1. The van der Waals surface area contributed by atoms with Crippen LogP contribution in [0.3, 0.4) is 0 Å². The van der Waals surface area contributed by atoms with E-state index in [2.05, 4.69) is 42.0 Å². The Hall–Kier alpha value is -3.52. The quantitative estimate of drug-likeness (QED) is 0.235. The number of thiophene rings is 1. The molecule has 1 saturated heterocycles. The topological polar surface area (TPSA) is 100 Å². The first-order valence-corrected chi connectivity index (χ1v) is 16.6. The molecule has 1 amide bonds. The van der Waals surface area contributed by atoms with Gasteiger partial charge in [0.15, 0.2) is 5.82 Å². The Kier molecular flexibility index (Phi) is 10.9. The van der Waals surface area contributed by atoms with E-state index in [1.165, 1.54) is 6.42 Å². The van der Waals surface area contributed by atoms with Crippen molar-refractivity contribution in [3.05, 3.63) is 45.9 Å². The largest absolute Gasteiger partial charge is 0.444 e. The summed E-state index contributed by atoms with van der Waals surface area (Å²) >= 11 is 8.08. The molecule has 1 aromatic carbocycles. The molecule has 1 unspecified atom stereocenters. The highest BCUT2D eigenvalue weighted by molar-refractivity contribution is 7.23. The predicted octanol–water partition coefficient (Wildman–Crippen LogP) is 9.84. The standard InChI is InChI=1S/C29H27ClFN5O3S.C3H8.C2H6/c1-14-7-8-36(11-14)20-6-5-15-17-12-38-13-18(17)21(23(30)24(15)34-20)25-22-16(9-32)27(35-28(37)39-29(2,3)4)40-26(22)19(31)10-33-25;1-3-2;1-2/h5-6,10,14H,7-8,11-13H2,1-4H3,(H,35,37);3H2,1-2H3;1-2H3. The molecule has 1 N–H and O–H groups in total. The number of ether oxygens (including phenoxy) is 2. The molecular weight excluding hydrogens is 613 g/mol. The van der Waals surface area contributed by atoms with Crippen LogP contribution < -0.4 is 10.2 Å². The summed E-state index contributed by atoms with van der Waals surface area (Å²) in [4.78, 5) is 24.2. The third-order valence-corrected chi connectivity index (χ3v) is 8.65. The lowest BCUT2D eigenvalue weighted by atomic mass is 9.94. The number of nitrogens with one attached hydrogen (secondary N) is 1. The number of aromatic nitrogens is 2. The van der Waals surface area contributed by atoms with Crippen molar-refractivity contribution in [1.82, 2.24) is 9.97 Å². The van der Waals surface area contributed by atoms with E-state index in [4.69, 9.17) is 26.1 Å². The highest BCUT2D eigenvalue weighted by Crippen LogP contribution is 2.48. The van der Waals surface area contributed by atoms with Crippen molar-refractivity contribution >= 4 is 60.8 Å². The Bertz CT molecular complexity index is 1760. The van der Waals surface area contributed by atoms with Crippen LogP contribution >= 0.6 is 22.9 Å². The summed E-state index contributed by atoms with van der Waals surface area (Å²) in [5.74, 6) is 0.823. The molecule has 240 valence electrons. The molecule has 2 aliphatic rings. The average molecular weight is 654 g/mol. The molecule has 0 spiro atoms. The van der Waals surface area contributed by atoms with Gasteiger partial charge in [0.25, 0.3) is 0 Å². The van der Waals surface area contributed by atoms with Crippen LogP contribution in [0.15, 0.2) is 18.3 Å². The van der Waals surface area contributed by atoms with Crippen molar-refractivity contribution in [1.29, 1.82) is 5.26 Å².